The number of fused-ring (bicyclic) bond motifs is 3. The summed E-state index contributed by atoms with van der Waals surface area (Å²) in [6.07, 6.45) is 5.52. The van der Waals surface area contributed by atoms with Crippen molar-refractivity contribution in [2.75, 3.05) is 38.5 Å². The topological polar surface area (TPSA) is 129 Å². The molecule has 4 N–H and O–H groups in total. The van der Waals surface area contributed by atoms with Gasteiger partial charge in [0.2, 0.25) is 5.91 Å². The normalized spacial score (nSPS) is 14.0. The molecule has 1 aliphatic heterocycles. The number of H-pyrrole nitrogens is 1. The van der Waals surface area contributed by atoms with Gasteiger partial charge in [-0.15, -0.1) is 0 Å². The number of rotatable bonds is 7. The second kappa shape index (κ2) is 11.1. The SMILES string of the molecule is Cc1c(NC(=O)CCn2ccnc2)cccc1-c1ccc(C(N)=O)c2[nH]c3cc(C(=O)N4CCN(C)CC4)ccc3c12. The van der Waals surface area contributed by atoms with E-state index in [4.69, 9.17) is 5.73 Å². The number of hydrogen-bond donors (Lipinski definition) is 3. The number of carbonyl (C=O) groups excluding carboxylic acids is 3. The van der Waals surface area contributed by atoms with Crippen molar-refractivity contribution in [2.24, 2.45) is 5.73 Å². The predicted molar refractivity (Wildman–Crippen MR) is 163 cm³/mol. The molecule has 0 atom stereocenters. The second-order valence-corrected chi connectivity index (χ2v) is 10.8. The fourth-order valence-corrected chi connectivity index (χ4v) is 5.69. The Hall–Kier alpha value is -4.96. The smallest absolute Gasteiger partial charge is 0.254 e. The van der Waals surface area contributed by atoms with Crippen molar-refractivity contribution in [3.05, 3.63) is 83.9 Å². The minimum absolute atomic E-state index is 0.00803. The highest BCUT2D eigenvalue weighted by Crippen LogP contribution is 2.39. The molecule has 0 saturated carbocycles. The van der Waals surface area contributed by atoms with Gasteiger partial charge < -0.3 is 30.4 Å². The lowest BCUT2D eigenvalue weighted by atomic mass is 9.93. The predicted octanol–water partition coefficient (Wildman–Crippen LogP) is 4.01. The van der Waals surface area contributed by atoms with Crippen LogP contribution >= 0.6 is 0 Å². The minimum Gasteiger partial charge on any atom is -0.366 e. The number of aromatic amines is 1. The van der Waals surface area contributed by atoms with E-state index in [9.17, 15) is 14.4 Å². The van der Waals surface area contributed by atoms with E-state index < -0.39 is 5.91 Å². The zero-order chi connectivity index (χ0) is 29.4. The van der Waals surface area contributed by atoms with Gasteiger partial charge in [-0.1, -0.05) is 24.3 Å². The van der Waals surface area contributed by atoms with Gasteiger partial charge in [-0.3, -0.25) is 14.4 Å². The van der Waals surface area contributed by atoms with E-state index in [2.05, 4.69) is 27.2 Å². The molecule has 1 saturated heterocycles. The Kier molecular flexibility index (Phi) is 7.22. The van der Waals surface area contributed by atoms with E-state index in [1.165, 1.54) is 0 Å². The number of carbonyl (C=O) groups is 3. The van der Waals surface area contributed by atoms with Crippen LogP contribution in [0, 0.1) is 6.92 Å². The largest absolute Gasteiger partial charge is 0.366 e. The number of primary amides is 1. The number of anilines is 1. The number of likely N-dealkylation sites (N-methyl/N-ethyl adjacent to an activating group) is 1. The molecule has 6 rings (SSSR count). The van der Waals surface area contributed by atoms with Gasteiger partial charge in [-0.2, -0.15) is 0 Å². The first-order chi connectivity index (χ1) is 20.3. The molecular weight excluding hydrogens is 530 g/mol. The summed E-state index contributed by atoms with van der Waals surface area (Å²) >= 11 is 0. The first-order valence-electron chi connectivity index (χ1n) is 14.0. The molecule has 1 fully saturated rings. The van der Waals surface area contributed by atoms with Crippen LogP contribution in [0.5, 0.6) is 0 Å². The summed E-state index contributed by atoms with van der Waals surface area (Å²) in [5.41, 5.74) is 11.5. The molecule has 0 unspecified atom stereocenters. The van der Waals surface area contributed by atoms with Crippen molar-refractivity contribution in [3.8, 4) is 11.1 Å². The standard InChI is InChI=1S/C32H33N7O3/c1-20-22(4-3-5-26(20)35-28(40)10-12-38-13-11-34-19-38)23-8-9-25(31(33)41)30-29(23)24-7-6-21(18-27(24)36-30)32(42)39-16-14-37(2)15-17-39/h3-9,11,13,18-19,36H,10,12,14-17H2,1-2H3,(H2,33,41)(H,35,40). The van der Waals surface area contributed by atoms with Gasteiger partial charge >= 0.3 is 0 Å². The van der Waals surface area contributed by atoms with Crippen LogP contribution in [0.4, 0.5) is 5.69 Å². The van der Waals surface area contributed by atoms with Crippen LogP contribution in [-0.2, 0) is 11.3 Å². The Morgan fingerprint density at radius 2 is 1.83 bits per heavy atom. The van der Waals surface area contributed by atoms with Gasteiger partial charge in [-0.05, 0) is 54.9 Å². The molecule has 0 radical (unpaired) electrons. The zero-order valence-corrected chi connectivity index (χ0v) is 23.7. The summed E-state index contributed by atoms with van der Waals surface area (Å²) < 4.78 is 1.86. The van der Waals surface area contributed by atoms with E-state index in [0.29, 0.717) is 42.7 Å². The van der Waals surface area contributed by atoms with Crippen LogP contribution in [0.3, 0.4) is 0 Å². The first kappa shape index (κ1) is 27.2. The van der Waals surface area contributed by atoms with Gasteiger partial charge in [0.25, 0.3) is 11.8 Å². The molecule has 0 spiro atoms. The van der Waals surface area contributed by atoms with Gasteiger partial charge in [0.1, 0.15) is 0 Å². The maximum absolute atomic E-state index is 13.3. The fourth-order valence-electron chi connectivity index (χ4n) is 5.69. The zero-order valence-electron chi connectivity index (χ0n) is 23.7. The molecule has 2 aromatic heterocycles. The lowest BCUT2D eigenvalue weighted by Crippen LogP contribution is -2.47. The van der Waals surface area contributed by atoms with Crippen molar-refractivity contribution in [3.63, 3.8) is 0 Å². The van der Waals surface area contributed by atoms with Crippen LogP contribution < -0.4 is 11.1 Å². The Morgan fingerprint density at radius 3 is 2.57 bits per heavy atom. The van der Waals surface area contributed by atoms with Gasteiger partial charge in [-0.25, -0.2) is 4.98 Å². The molecule has 214 valence electrons. The lowest BCUT2D eigenvalue weighted by Gasteiger charge is -2.32. The van der Waals surface area contributed by atoms with E-state index in [1.807, 2.05) is 65.1 Å². The van der Waals surface area contributed by atoms with Crippen LogP contribution in [0.15, 0.2) is 67.3 Å². The molecule has 1 aliphatic rings. The van der Waals surface area contributed by atoms with Crippen molar-refractivity contribution < 1.29 is 14.4 Å². The maximum atomic E-state index is 13.3. The molecule has 3 aromatic carbocycles. The molecule has 42 heavy (non-hydrogen) atoms. The highest BCUT2D eigenvalue weighted by Gasteiger charge is 2.23. The first-order valence-corrected chi connectivity index (χ1v) is 14.0. The number of benzene rings is 3. The summed E-state index contributed by atoms with van der Waals surface area (Å²) in [6, 6.07) is 15.0. The number of amides is 3. The van der Waals surface area contributed by atoms with E-state index in [0.717, 1.165) is 51.8 Å². The number of aromatic nitrogens is 3. The molecule has 3 amide bonds. The molecule has 3 heterocycles. The number of aryl methyl sites for hydroxylation is 1. The van der Waals surface area contributed by atoms with Crippen molar-refractivity contribution in [1.82, 2.24) is 24.3 Å². The number of piperazine rings is 1. The quantitative estimate of drug-likeness (QED) is 0.276. The van der Waals surface area contributed by atoms with Gasteiger partial charge in [0.15, 0.2) is 0 Å². The number of nitrogens with zero attached hydrogens (tertiary/aromatic N) is 4. The summed E-state index contributed by atoms with van der Waals surface area (Å²) in [5, 5.41) is 4.77. The van der Waals surface area contributed by atoms with Crippen LogP contribution in [0.1, 0.15) is 32.7 Å². The van der Waals surface area contributed by atoms with Crippen molar-refractivity contribution in [1.29, 1.82) is 0 Å². The fraction of sp³-hybridized carbons (Fsp3) is 0.250. The van der Waals surface area contributed by atoms with E-state index >= 15 is 0 Å². The Bertz CT molecular complexity index is 1820. The van der Waals surface area contributed by atoms with E-state index in [1.54, 1.807) is 18.6 Å². The number of hydrogen-bond acceptors (Lipinski definition) is 5. The third kappa shape index (κ3) is 5.12. The van der Waals surface area contributed by atoms with Gasteiger partial charge in [0, 0.05) is 79.1 Å². The molecule has 0 bridgehead atoms. The Balaban J connectivity index is 1.38. The lowest BCUT2D eigenvalue weighted by molar-refractivity contribution is -0.116. The second-order valence-electron chi connectivity index (χ2n) is 10.8. The monoisotopic (exact) mass is 563 g/mol. The summed E-state index contributed by atoms with van der Waals surface area (Å²) in [6.45, 7) is 5.56. The molecule has 5 aromatic rings. The van der Waals surface area contributed by atoms with Crippen LogP contribution in [-0.4, -0.2) is 75.3 Å². The average molecular weight is 564 g/mol. The minimum atomic E-state index is -0.539. The number of nitrogens with two attached hydrogens (primary N) is 1. The average Bonchev–Trinajstić information content (AvgIpc) is 3.64. The third-order valence-electron chi connectivity index (χ3n) is 8.11. The summed E-state index contributed by atoms with van der Waals surface area (Å²) in [4.78, 5) is 50.0. The third-order valence-corrected chi connectivity index (χ3v) is 8.11. The summed E-state index contributed by atoms with van der Waals surface area (Å²) in [5.74, 6) is -0.642. The van der Waals surface area contributed by atoms with Crippen molar-refractivity contribution >= 4 is 45.2 Å². The van der Waals surface area contributed by atoms with E-state index in [-0.39, 0.29) is 11.8 Å². The highest BCUT2D eigenvalue weighted by atomic mass is 16.2. The number of nitrogens with one attached hydrogen (secondary N) is 2. The number of imidazole rings is 1. The maximum Gasteiger partial charge on any atom is 0.254 e. The van der Waals surface area contributed by atoms with Crippen molar-refractivity contribution in [2.45, 2.75) is 19.9 Å². The molecular formula is C32H33N7O3. The Morgan fingerprint density at radius 1 is 1.02 bits per heavy atom. The molecule has 10 nitrogen and oxygen atoms in total. The summed E-state index contributed by atoms with van der Waals surface area (Å²) in [7, 11) is 2.06. The van der Waals surface area contributed by atoms with Gasteiger partial charge in [0.05, 0.1) is 17.4 Å². The van der Waals surface area contributed by atoms with Crippen LogP contribution in [0.25, 0.3) is 32.9 Å². The Labute approximate surface area is 243 Å². The molecule has 10 heteroatoms. The highest BCUT2D eigenvalue weighted by molar-refractivity contribution is 6.20. The molecule has 0 aliphatic carbocycles. The van der Waals surface area contributed by atoms with Crippen LogP contribution in [0.2, 0.25) is 0 Å².